The van der Waals surface area contributed by atoms with Crippen LogP contribution in [0, 0.1) is 0 Å². The third-order valence-electron chi connectivity index (χ3n) is 1.81. The quantitative estimate of drug-likeness (QED) is 0.153. The number of phosphoric ester groups is 1. The van der Waals surface area contributed by atoms with Crippen LogP contribution in [0.4, 0.5) is 0 Å². The number of hydrogen-bond acceptors (Lipinski definition) is 9. The van der Waals surface area contributed by atoms with E-state index in [9.17, 15) is 19.0 Å². The highest BCUT2D eigenvalue weighted by molar-refractivity contribution is 7.60. The molecule has 0 aromatic rings. The minimum absolute atomic E-state index is 0. The number of hydrogen-bond donors (Lipinski definition) is 7. The SMILES string of the molecule is O=C(COP(=O)(O)OP(=O)(O)O)C(O)C(O)C(O)CO.[MgH2]. The van der Waals surface area contributed by atoms with Crippen molar-refractivity contribution in [3.8, 4) is 0 Å². The minimum atomic E-state index is -5.34. The Morgan fingerprint density at radius 1 is 1.10 bits per heavy atom. The van der Waals surface area contributed by atoms with Gasteiger partial charge < -0.3 is 35.1 Å². The lowest BCUT2D eigenvalue weighted by molar-refractivity contribution is -0.142. The van der Waals surface area contributed by atoms with Crippen LogP contribution in [-0.4, -0.2) is 95.5 Å². The van der Waals surface area contributed by atoms with Gasteiger partial charge in [0, 0.05) is 0 Å². The summed E-state index contributed by atoms with van der Waals surface area (Å²) in [5.41, 5.74) is 0. The maximum atomic E-state index is 11.2. The summed E-state index contributed by atoms with van der Waals surface area (Å²) in [6.45, 7) is -2.31. The van der Waals surface area contributed by atoms with Crippen molar-refractivity contribution in [1.29, 1.82) is 0 Å². The highest BCUT2D eigenvalue weighted by atomic mass is 31.3. The lowest BCUT2D eigenvalue weighted by Gasteiger charge is -2.20. The number of aliphatic hydroxyl groups is 4. The van der Waals surface area contributed by atoms with E-state index < -0.39 is 53.0 Å². The van der Waals surface area contributed by atoms with Crippen molar-refractivity contribution >= 4 is 44.5 Å². The summed E-state index contributed by atoms with van der Waals surface area (Å²) in [6.07, 6.45) is -6.19. The molecule has 21 heavy (non-hydrogen) atoms. The van der Waals surface area contributed by atoms with Crippen LogP contribution < -0.4 is 0 Å². The first kappa shape index (κ1) is 23.8. The summed E-state index contributed by atoms with van der Waals surface area (Å²) in [5, 5.41) is 35.8. The third kappa shape index (κ3) is 10.0. The molecule has 15 heteroatoms. The fraction of sp³-hybridized carbons (Fsp3) is 0.833. The predicted molar refractivity (Wildman–Crippen MR) is 67.6 cm³/mol. The first-order valence-electron chi connectivity index (χ1n) is 4.81. The van der Waals surface area contributed by atoms with E-state index in [2.05, 4.69) is 8.83 Å². The molecule has 0 saturated carbocycles. The van der Waals surface area contributed by atoms with Crippen LogP contribution in [0.2, 0.25) is 0 Å². The summed E-state index contributed by atoms with van der Waals surface area (Å²) in [5.74, 6) is -1.39. The van der Waals surface area contributed by atoms with Gasteiger partial charge in [-0.1, -0.05) is 0 Å². The highest BCUT2D eigenvalue weighted by Crippen LogP contribution is 2.57. The Morgan fingerprint density at radius 3 is 1.95 bits per heavy atom. The Balaban J connectivity index is 0. The fourth-order valence-corrected chi connectivity index (χ4v) is 2.45. The molecule has 0 radical (unpaired) electrons. The normalized spacial score (nSPS) is 19.0. The molecular formula is C6H16MgO12P2. The van der Waals surface area contributed by atoms with E-state index in [1.54, 1.807) is 0 Å². The van der Waals surface area contributed by atoms with Crippen molar-refractivity contribution in [2.75, 3.05) is 13.2 Å². The van der Waals surface area contributed by atoms with E-state index in [-0.39, 0.29) is 23.1 Å². The monoisotopic (exact) mass is 366 g/mol. The number of phosphoric acid groups is 2. The predicted octanol–water partition coefficient (Wildman–Crippen LogP) is -4.06. The van der Waals surface area contributed by atoms with Gasteiger partial charge in [-0.2, -0.15) is 4.31 Å². The van der Waals surface area contributed by atoms with Crippen molar-refractivity contribution in [3.05, 3.63) is 0 Å². The fourth-order valence-electron chi connectivity index (χ4n) is 0.897. The van der Waals surface area contributed by atoms with Crippen molar-refractivity contribution in [2.45, 2.75) is 18.3 Å². The zero-order valence-corrected chi connectivity index (χ0v) is 11.5. The average Bonchev–Trinajstić information content (AvgIpc) is 2.30. The number of carbonyl (C=O) groups excluding carboxylic acids is 1. The van der Waals surface area contributed by atoms with Gasteiger partial charge in [-0.15, -0.1) is 0 Å². The molecule has 0 aliphatic rings. The average molecular weight is 366 g/mol. The van der Waals surface area contributed by atoms with Crippen LogP contribution in [0.1, 0.15) is 0 Å². The maximum absolute atomic E-state index is 11.2. The van der Waals surface area contributed by atoms with Gasteiger partial charge in [-0.05, 0) is 0 Å². The molecule has 4 atom stereocenters. The Kier molecular flexibility index (Phi) is 10.9. The molecule has 0 rings (SSSR count). The molecule has 0 aliphatic carbocycles. The molecule has 0 aromatic carbocycles. The number of rotatable bonds is 9. The van der Waals surface area contributed by atoms with Crippen LogP contribution in [0.15, 0.2) is 0 Å². The molecule has 7 N–H and O–H groups in total. The van der Waals surface area contributed by atoms with Gasteiger partial charge in [0.05, 0.1) is 6.61 Å². The zero-order chi connectivity index (χ0) is 16.1. The molecule has 0 heterocycles. The summed E-state index contributed by atoms with van der Waals surface area (Å²) >= 11 is 0. The van der Waals surface area contributed by atoms with Crippen molar-refractivity contribution in [1.82, 2.24) is 0 Å². The molecule has 0 spiro atoms. The summed E-state index contributed by atoms with van der Waals surface area (Å²) in [4.78, 5) is 36.5. The second kappa shape index (κ2) is 9.63. The molecular weight excluding hydrogens is 350 g/mol. The summed E-state index contributed by atoms with van der Waals surface area (Å²) in [7, 11) is -10.6. The van der Waals surface area contributed by atoms with Gasteiger partial charge in [0.2, 0.25) is 0 Å². The molecule has 4 unspecified atom stereocenters. The summed E-state index contributed by atoms with van der Waals surface area (Å²) in [6, 6.07) is 0. The molecule has 124 valence electrons. The molecule has 0 aliphatic heterocycles. The molecule has 0 saturated heterocycles. The summed E-state index contributed by atoms with van der Waals surface area (Å²) < 4.78 is 28.5. The lowest BCUT2D eigenvalue weighted by atomic mass is 10.1. The van der Waals surface area contributed by atoms with E-state index >= 15 is 0 Å². The van der Waals surface area contributed by atoms with E-state index in [1.807, 2.05) is 0 Å². The number of Topliss-reactive ketones (excluding diaryl/α,β-unsaturated/α-hetero) is 1. The van der Waals surface area contributed by atoms with Gasteiger partial charge >= 0.3 is 38.7 Å². The Hall–Kier alpha value is 0.536. The number of carbonyl (C=O) groups is 1. The molecule has 0 amide bonds. The maximum Gasteiger partial charge on any atom is 0.481 e. The van der Waals surface area contributed by atoms with Gasteiger partial charge in [0.1, 0.15) is 24.9 Å². The lowest BCUT2D eigenvalue weighted by Crippen LogP contribution is -2.45. The minimum Gasteiger partial charge on any atom is -0.394 e. The first-order valence-corrected chi connectivity index (χ1v) is 7.84. The van der Waals surface area contributed by atoms with Crippen LogP contribution in [0.5, 0.6) is 0 Å². The van der Waals surface area contributed by atoms with Crippen LogP contribution in [0.3, 0.4) is 0 Å². The molecule has 12 nitrogen and oxygen atoms in total. The van der Waals surface area contributed by atoms with Crippen molar-refractivity contribution in [2.24, 2.45) is 0 Å². The number of ketones is 1. The highest BCUT2D eigenvalue weighted by Gasteiger charge is 2.35. The van der Waals surface area contributed by atoms with Crippen molar-refractivity contribution < 1.29 is 57.9 Å². The Labute approximate surface area is 134 Å². The Morgan fingerprint density at radius 2 is 1.57 bits per heavy atom. The molecule has 0 bridgehead atoms. The van der Waals surface area contributed by atoms with Gasteiger partial charge in [0.25, 0.3) is 0 Å². The van der Waals surface area contributed by atoms with Gasteiger partial charge in [-0.25, -0.2) is 9.13 Å². The largest absolute Gasteiger partial charge is 0.481 e. The topological polar surface area (TPSA) is 211 Å². The second-order valence-electron chi connectivity index (χ2n) is 3.47. The smallest absolute Gasteiger partial charge is 0.394 e. The standard InChI is InChI=1S/C6H14O12P2.Mg.2H/c7-1-3(8)5(10)6(11)4(9)2-17-20(15,16)18-19(12,13)14;;;/h3,5-8,10-11H,1-2H2,(H,15,16)(H2,12,13,14);;;. The number of aliphatic hydroxyl groups excluding tert-OH is 4. The van der Waals surface area contributed by atoms with Crippen LogP contribution in [-0.2, 0) is 22.8 Å². The van der Waals surface area contributed by atoms with Crippen LogP contribution >= 0.6 is 15.6 Å². The second-order valence-corrected chi connectivity index (χ2v) is 6.30. The Bertz CT molecular complexity index is 422. The van der Waals surface area contributed by atoms with Crippen molar-refractivity contribution in [3.63, 3.8) is 0 Å². The van der Waals surface area contributed by atoms with Gasteiger partial charge in [0.15, 0.2) is 5.78 Å². The zero-order valence-electron chi connectivity index (χ0n) is 9.71. The van der Waals surface area contributed by atoms with Crippen LogP contribution in [0.25, 0.3) is 0 Å². The van der Waals surface area contributed by atoms with E-state index in [0.29, 0.717) is 0 Å². The van der Waals surface area contributed by atoms with E-state index in [4.69, 9.17) is 30.0 Å². The van der Waals surface area contributed by atoms with E-state index in [0.717, 1.165) is 0 Å². The first-order chi connectivity index (χ1) is 8.89. The van der Waals surface area contributed by atoms with Gasteiger partial charge in [-0.3, -0.25) is 9.32 Å². The molecule has 0 aromatic heterocycles. The third-order valence-corrected chi connectivity index (χ3v) is 3.95. The van der Waals surface area contributed by atoms with E-state index in [1.165, 1.54) is 0 Å². The molecule has 0 fully saturated rings.